The minimum Gasteiger partial charge on any atom is -0.467 e. The van der Waals surface area contributed by atoms with Gasteiger partial charge in [-0.2, -0.15) is 0 Å². The van der Waals surface area contributed by atoms with Gasteiger partial charge in [-0.1, -0.05) is 76.4 Å². The summed E-state index contributed by atoms with van der Waals surface area (Å²) in [6.07, 6.45) is 4.79. The van der Waals surface area contributed by atoms with Gasteiger partial charge in [0.2, 0.25) is 0 Å². The number of urea groups is 1. The van der Waals surface area contributed by atoms with E-state index < -0.39 is 18.0 Å². The van der Waals surface area contributed by atoms with Gasteiger partial charge >= 0.3 is 12.0 Å². The lowest BCUT2D eigenvalue weighted by atomic mass is 9.84. The fourth-order valence-corrected chi connectivity index (χ4v) is 5.35. The highest BCUT2D eigenvalue weighted by Gasteiger charge is 2.21. The Kier molecular flexibility index (Phi) is 10.6. The van der Waals surface area contributed by atoms with Crippen LogP contribution >= 0.6 is 0 Å². The number of anilines is 2. The van der Waals surface area contributed by atoms with Crippen molar-refractivity contribution in [2.45, 2.75) is 76.9 Å². The van der Waals surface area contributed by atoms with Crippen LogP contribution in [0.4, 0.5) is 16.2 Å². The number of ether oxygens (including phenoxy) is 1. The number of nitrogens with one attached hydrogen (secondary N) is 2. The molecule has 1 atom stereocenters. The van der Waals surface area contributed by atoms with Gasteiger partial charge in [-0.05, 0) is 77.3 Å². The van der Waals surface area contributed by atoms with Crippen LogP contribution in [-0.2, 0) is 21.5 Å². The second-order valence-corrected chi connectivity index (χ2v) is 12.2. The number of carbonyl (C=O) groups excluding carboxylic acids is 3. The first-order chi connectivity index (χ1) is 20.5. The molecule has 3 amide bonds. The number of hydrogen-bond acceptors (Lipinski definition) is 5. The monoisotopic (exact) mass is 585 g/mol. The van der Waals surface area contributed by atoms with Crippen molar-refractivity contribution in [3.05, 3.63) is 95.1 Å². The number of aliphatic hydroxyl groups excluding tert-OH is 1. The van der Waals surface area contributed by atoms with Gasteiger partial charge in [0, 0.05) is 16.9 Å². The standard InChI is InChI=1S/C35H43N3O5/c1-35(2,3)28-11-8-12-29(21-28)37-34(42)38(30-19-17-26(18-20-30)25-9-6-5-7-10-25)23-24-13-15-27(16-14-24)32(40)36-22-31(39)33(41)43-4/h8,11-21,25,31,39H,5-7,9-10,22-23H2,1-4H3,(H,36,40)(H,37,42)/t31-/m1/s1. The van der Waals surface area contributed by atoms with E-state index in [4.69, 9.17) is 0 Å². The topological polar surface area (TPSA) is 108 Å². The molecule has 1 fully saturated rings. The number of benzene rings is 3. The highest BCUT2D eigenvalue weighted by atomic mass is 16.5. The smallest absolute Gasteiger partial charge is 0.336 e. The summed E-state index contributed by atoms with van der Waals surface area (Å²) in [7, 11) is 1.17. The predicted molar refractivity (Wildman–Crippen MR) is 169 cm³/mol. The Balaban J connectivity index is 1.52. The third-order valence-corrected chi connectivity index (χ3v) is 7.99. The van der Waals surface area contributed by atoms with Gasteiger partial charge in [-0.15, -0.1) is 0 Å². The third-order valence-electron chi connectivity index (χ3n) is 7.99. The molecule has 0 spiro atoms. The number of esters is 1. The minimum atomic E-state index is -1.44. The Morgan fingerprint density at radius 2 is 1.63 bits per heavy atom. The number of hydrogen-bond donors (Lipinski definition) is 3. The van der Waals surface area contributed by atoms with Crippen LogP contribution in [0.2, 0.25) is 0 Å². The van der Waals surface area contributed by atoms with Gasteiger partial charge in [-0.25, -0.2) is 9.59 Å². The molecule has 0 radical (unpaired) electrons. The van der Waals surface area contributed by atoms with E-state index in [1.165, 1.54) is 44.8 Å². The van der Waals surface area contributed by atoms with E-state index in [-0.39, 0.29) is 24.5 Å². The van der Waals surface area contributed by atoms with E-state index in [0.717, 1.165) is 22.5 Å². The first kappa shape index (κ1) is 31.8. The molecular formula is C35H43N3O5. The number of rotatable bonds is 9. The molecule has 0 aliphatic heterocycles. The molecule has 43 heavy (non-hydrogen) atoms. The van der Waals surface area contributed by atoms with Crippen molar-refractivity contribution in [3.8, 4) is 0 Å². The van der Waals surface area contributed by atoms with Crippen molar-refractivity contribution in [1.29, 1.82) is 0 Å². The van der Waals surface area contributed by atoms with Gasteiger partial charge in [0.05, 0.1) is 20.2 Å². The third kappa shape index (κ3) is 8.67. The zero-order chi connectivity index (χ0) is 31.0. The van der Waals surface area contributed by atoms with Crippen LogP contribution in [-0.4, -0.2) is 42.8 Å². The summed E-state index contributed by atoms with van der Waals surface area (Å²) >= 11 is 0. The van der Waals surface area contributed by atoms with Gasteiger partial charge in [-0.3, -0.25) is 9.69 Å². The molecule has 3 aromatic rings. The summed E-state index contributed by atoms with van der Waals surface area (Å²) in [5.74, 6) is -0.676. The first-order valence-corrected chi connectivity index (χ1v) is 15.0. The molecular weight excluding hydrogens is 542 g/mol. The fourth-order valence-electron chi connectivity index (χ4n) is 5.35. The summed E-state index contributed by atoms with van der Waals surface area (Å²) in [5, 5.41) is 15.3. The van der Waals surface area contributed by atoms with Crippen molar-refractivity contribution in [3.63, 3.8) is 0 Å². The molecule has 1 aliphatic carbocycles. The van der Waals surface area contributed by atoms with E-state index >= 15 is 0 Å². The highest BCUT2D eigenvalue weighted by molar-refractivity contribution is 6.01. The summed E-state index contributed by atoms with van der Waals surface area (Å²) in [6, 6.07) is 22.9. The molecule has 0 unspecified atom stereocenters. The largest absolute Gasteiger partial charge is 0.467 e. The second kappa shape index (κ2) is 14.3. The fraction of sp³-hybridized carbons (Fsp3) is 0.400. The molecule has 3 N–H and O–H groups in total. The van der Waals surface area contributed by atoms with E-state index in [0.29, 0.717) is 11.5 Å². The van der Waals surface area contributed by atoms with Gasteiger partial charge in [0.15, 0.2) is 6.10 Å². The van der Waals surface area contributed by atoms with Crippen LogP contribution in [0.5, 0.6) is 0 Å². The van der Waals surface area contributed by atoms with E-state index in [9.17, 15) is 19.5 Å². The zero-order valence-electron chi connectivity index (χ0n) is 25.6. The Hall–Kier alpha value is -4.17. The Morgan fingerprint density at radius 3 is 2.26 bits per heavy atom. The molecule has 0 aromatic heterocycles. The van der Waals surface area contributed by atoms with E-state index in [2.05, 4.69) is 54.3 Å². The van der Waals surface area contributed by atoms with Crippen LogP contribution in [0, 0.1) is 0 Å². The molecule has 0 bridgehead atoms. The van der Waals surface area contributed by atoms with Crippen molar-refractivity contribution in [1.82, 2.24) is 5.32 Å². The van der Waals surface area contributed by atoms with Crippen LogP contribution in [0.15, 0.2) is 72.8 Å². The Bertz CT molecular complexity index is 1390. The zero-order valence-corrected chi connectivity index (χ0v) is 25.6. The lowest BCUT2D eigenvalue weighted by molar-refractivity contribution is -0.149. The van der Waals surface area contributed by atoms with E-state index in [1.807, 2.05) is 30.3 Å². The molecule has 8 nitrogen and oxygen atoms in total. The van der Waals surface area contributed by atoms with Gasteiger partial charge in [0.1, 0.15) is 0 Å². The minimum absolute atomic E-state index is 0.0548. The number of aliphatic hydroxyl groups is 1. The molecule has 228 valence electrons. The maximum absolute atomic E-state index is 13.8. The number of carbonyl (C=O) groups is 3. The number of amides is 3. The molecule has 8 heteroatoms. The summed E-state index contributed by atoms with van der Waals surface area (Å²) in [4.78, 5) is 39.4. The van der Waals surface area contributed by atoms with Crippen LogP contribution in [0.1, 0.15) is 85.8 Å². The average Bonchev–Trinajstić information content (AvgIpc) is 3.02. The summed E-state index contributed by atoms with van der Waals surface area (Å²) in [6.45, 7) is 6.45. The van der Waals surface area contributed by atoms with Crippen molar-refractivity contribution in [2.75, 3.05) is 23.9 Å². The predicted octanol–water partition coefficient (Wildman–Crippen LogP) is 6.53. The second-order valence-electron chi connectivity index (χ2n) is 12.2. The SMILES string of the molecule is COC(=O)[C@H](O)CNC(=O)c1ccc(CN(C(=O)Nc2cccc(C(C)(C)C)c2)c2ccc(C3CCCCC3)cc2)cc1. The first-order valence-electron chi connectivity index (χ1n) is 15.0. The van der Waals surface area contributed by atoms with E-state index in [1.54, 1.807) is 29.2 Å². The molecule has 1 saturated carbocycles. The molecule has 4 rings (SSSR count). The normalized spacial score (nSPS) is 14.4. The molecule has 0 saturated heterocycles. The van der Waals surface area contributed by atoms with Crippen LogP contribution in [0.25, 0.3) is 0 Å². The summed E-state index contributed by atoms with van der Waals surface area (Å²) < 4.78 is 4.48. The average molecular weight is 586 g/mol. The molecule has 1 aliphatic rings. The van der Waals surface area contributed by atoms with Crippen LogP contribution < -0.4 is 15.5 Å². The van der Waals surface area contributed by atoms with Gasteiger partial charge < -0.3 is 20.5 Å². The van der Waals surface area contributed by atoms with Crippen molar-refractivity contribution >= 4 is 29.3 Å². The Labute approximate surface area is 254 Å². The maximum atomic E-state index is 13.8. The van der Waals surface area contributed by atoms with Crippen LogP contribution in [0.3, 0.4) is 0 Å². The quantitative estimate of drug-likeness (QED) is 0.247. The van der Waals surface area contributed by atoms with Crippen molar-refractivity contribution < 1.29 is 24.2 Å². The highest BCUT2D eigenvalue weighted by Crippen LogP contribution is 2.34. The number of nitrogens with zero attached hydrogens (tertiary/aromatic N) is 1. The lowest BCUT2D eigenvalue weighted by Crippen LogP contribution is -2.37. The van der Waals surface area contributed by atoms with Crippen molar-refractivity contribution in [2.24, 2.45) is 0 Å². The lowest BCUT2D eigenvalue weighted by Gasteiger charge is -2.26. The Morgan fingerprint density at radius 1 is 0.953 bits per heavy atom. The van der Waals surface area contributed by atoms with Gasteiger partial charge in [0.25, 0.3) is 5.91 Å². The maximum Gasteiger partial charge on any atom is 0.336 e. The summed E-state index contributed by atoms with van der Waals surface area (Å²) in [5.41, 5.74) is 5.09. The molecule has 0 heterocycles. The number of methoxy groups -OCH3 is 1. The molecule has 3 aromatic carbocycles.